The maximum absolute atomic E-state index is 14.0. The summed E-state index contributed by atoms with van der Waals surface area (Å²) in [4.78, 5) is 66.1. The number of aromatic nitrogens is 8. The Morgan fingerprint density at radius 1 is 0.697 bits per heavy atom. The first kappa shape index (κ1) is 45.8. The summed E-state index contributed by atoms with van der Waals surface area (Å²) in [5.74, 6) is -0.962. The van der Waals surface area contributed by atoms with Gasteiger partial charge in [-0.05, 0) is 83.9 Å². The van der Waals surface area contributed by atoms with Crippen molar-refractivity contribution in [3.8, 4) is 11.5 Å². The van der Waals surface area contributed by atoms with Gasteiger partial charge in [0.25, 0.3) is 11.8 Å². The predicted molar refractivity (Wildman–Crippen MR) is 249 cm³/mol. The van der Waals surface area contributed by atoms with Crippen LogP contribution in [-0.4, -0.2) is 118 Å². The van der Waals surface area contributed by atoms with Gasteiger partial charge in [-0.15, -0.1) is 0 Å². The summed E-state index contributed by atoms with van der Waals surface area (Å²) in [6.45, 7) is 12.0. The van der Waals surface area contributed by atoms with E-state index in [2.05, 4.69) is 25.7 Å². The molecular weight excluding hydrogens is 869 g/mol. The highest BCUT2D eigenvalue weighted by molar-refractivity contribution is 7.59. The zero-order valence-corrected chi connectivity index (χ0v) is 38.5. The zero-order chi connectivity index (χ0) is 45.5. The summed E-state index contributed by atoms with van der Waals surface area (Å²) in [5.41, 5.74) is 10.2. The number of morpholine rings is 1. The fraction of sp³-hybridized carbons (Fsp3) is 0.422. The Labute approximate surface area is 386 Å². The zero-order valence-electron chi connectivity index (χ0n) is 37.5. The van der Waals surface area contributed by atoms with Crippen molar-refractivity contribution in [1.29, 1.82) is 0 Å². The Bertz CT molecular complexity index is 2860. The molecule has 2 aromatic carbocycles. The minimum atomic E-state index is -0.672. The lowest BCUT2D eigenvalue weighted by Crippen LogP contribution is -2.55. The topological polar surface area (TPSA) is 230 Å². The van der Waals surface area contributed by atoms with Crippen LogP contribution < -0.4 is 25.8 Å². The monoisotopic (exact) mass is 922 g/mol. The molecule has 21 heteroatoms. The molecule has 4 aromatic heterocycles. The number of benzene rings is 2. The quantitative estimate of drug-likeness (QED) is 0.126. The SMILES string of the molecule is CCOC(=O)c1cc2c3c(c1)nc(NC(=O)c1cc(C)nn1CC)n3C/C=C/Cn1c(NC(=O)c3cc(C)nn3CC)nc3cc(C(N)=O)cc(c31)OC[C@H](N1C3CCC1COC3)CO2.S. The predicted octanol–water partition coefficient (Wildman–Crippen LogP) is 4.59. The van der Waals surface area contributed by atoms with Gasteiger partial charge in [-0.3, -0.25) is 39.3 Å². The fourth-order valence-corrected chi connectivity index (χ4v) is 9.18. The van der Waals surface area contributed by atoms with Gasteiger partial charge in [-0.1, -0.05) is 12.2 Å². The first-order valence-electron chi connectivity index (χ1n) is 22.0. The second-order valence-electron chi connectivity index (χ2n) is 16.4. The van der Waals surface area contributed by atoms with E-state index >= 15 is 0 Å². The molecule has 7 heterocycles. The van der Waals surface area contributed by atoms with Crippen molar-refractivity contribution in [2.45, 2.75) is 91.8 Å². The molecule has 2 fully saturated rings. The summed E-state index contributed by atoms with van der Waals surface area (Å²) in [6, 6.07) is 9.71. The Balaban J connectivity index is 0.00000592. The van der Waals surface area contributed by atoms with Crippen LogP contribution in [0.15, 0.2) is 48.6 Å². The highest BCUT2D eigenvalue weighted by Crippen LogP contribution is 2.36. The van der Waals surface area contributed by atoms with Crippen LogP contribution in [0, 0.1) is 13.8 Å². The van der Waals surface area contributed by atoms with E-state index in [0.717, 1.165) is 12.8 Å². The van der Waals surface area contributed by atoms with Crippen molar-refractivity contribution in [2.75, 3.05) is 43.7 Å². The highest BCUT2D eigenvalue weighted by atomic mass is 32.1. The number of rotatable bonds is 10. The van der Waals surface area contributed by atoms with Gasteiger partial charge in [0, 0.05) is 43.8 Å². The van der Waals surface area contributed by atoms with Crippen LogP contribution in [0.5, 0.6) is 11.5 Å². The van der Waals surface area contributed by atoms with E-state index in [-0.39, 0.29) is 87.6 Å². The lowest BCUT2D eigenvalue weighted by atomic mass is 10.1. The molecule has 3 aliphatic rings. The minimum absolute atomic E-state index is 0. The van der Waals surface area contributed by atoms with Gasteiger partial charge in [0.2, 0.25) is 17.8 Å². The molecule has 4 N–H and O–H groups in total. The number of esters is 1. The Hall–Kier alpha value is -6.71. The van der Waals surface area contributed by atoms with Gasteiger partial charge >= 0.3 is 5.97 Å². The molecule has 2 unspecified atom stereocenters. The van der Waals surface area contributed by atoms with E-state index in [4.69, 9.17) is 34.6 Å². The highest BCUT2D eigenvalue weighted by Gasteiger charge is 2.42. The van der Waals surface area contributed by atoms with Crippen LogP contribution in [0.3, 0.4) is 0 Å². The number of fused-ring (bicyclic) bond motifs is 2. The van der Waals surface area contributed by atoms with Crippen molar-refractivity contribution in [3.05, 3.63) is 82.5 Å². The number of amides is 3. The average Bonchev–Trinajstić information content (AvgIpc) is 4.09. The van der Waals surface area contributed by atoms with Gasteiger partial charge < -0.3 is 33.8 Å². The van der Waals surface area contributed by atoms with Crippen molar-refractivity contribution >= 4 is 71.2 Å². The lowest BCUT2D eigenvalue weighted by Gasteiger charge is -2.40. The summed E-state index contributed by atoms with van der Waals surface area (Å²) in [6.07, 6.45) is 5.63. The number of imidazole rings is 2. The van der Waals surface area contributed by atoms with E-state index in [1.165, 1.54) is 0 Å². The van der Waals surface area contributed by atoms with E-state index in [0.29, 0.717) is 82.6 Å². The molecular formula is C45H54N12O8S. The molecule has 6 aromatic rings. The van der Waals surface area contributed by atoms with Crippen LogP contribution in [0.25, 0.3) is 22.1 Å². The molecule has 0 radical (unpaired) electrons. The summed E-state index contributed by atoms with van der Waals surface area (Å²) < 4.78 is 31.9. The third-order valence-electron chi connectivity index (χ3n) is 12.1. The largest absolute Gasteiger partial charge is 0.490 e. The van der Waals surface area contributed by atoms with Crippen LogP contribution in [0.2, 0.25) is 0 Å². The number of primary amides is 1. The molecule has 3 aliphatic heterocycles. The molecule has 0 saturated carbocycles. The second-order valence-corrected chi connectivity index (χ2v) is 16.4. The molecule has 20 nitrogen and oxygen atoms in total. The number of carbonyl (C=O) groups is 4. The van der Waals surface area contributed by atoms with Gasteiger partial charge in [0.05, 0.1) is 53.8 Å². The van der Waals surface area contributed by atoms with Gasteiger partial charge in [-0.2, -0.15) is 23.7 Å². The number of ether oxygens (including phenoxy) is 4. The van der Waals surface area contributed by atoms with Gasteiger partial charge in [0.15, 0.2) is 0 Å². The van der Waals surface area contributed by atoms with E-state index in [1.807, 2.05) is 49.0 Å². The van der Waals surface area contributed by atoms with Crippen molar-refractivity contribution in [2.24, 2.45) is 5.73 Å². The molecule has 0 spiro atoms. The van der Waals surface area contributed by atoms with Crippen molar-refractivity contribution < 1.29 is 38.1 Å². The maximum Gasteiger partial charge on any atom is 0.338 e. The third kappa shape index (κ3) is 8.72. The van der Waals surface area contributed by atoms with E-state index < -0.39 is 23.7 Å². The van der Waals surface area contributed by atoms with Crippen LogP contribution in [-0.2, 0) is 35.7 Å². The third-order valence-corrected chi connectivity index (χ3v) is 12.1. The number of aryl methyl sites for hydroxylation is 4. The number of hydrogen-bond donors (Lipinski definition) is 3. The van der Waals surface area contributed by atoms with Gasteiger partial charge in [-0.25, -0.2) is 14.8 Å². The summed E-state index contributed by atoms with van der Waals surface area (Å²) in [7, 11) is 0. The number of nitrogens with one attached hydrogen (secondary N) is 2. The Morgan fingerprint density at radius 3 is 1.65 bits per heavy atom. The fourth-order valence-electron chi connectivity index (χ4n) is 9.18. The normalized spacial score (nSPS) is 19.0. The van der Waals surface area contributed by atoms with Crippen LogP contribution in [0.4, 0.5) is 11.9 Å². The number of nitrogens with two attached hydrogens (primary N) is 1. The maximum atomic E-state index is 14.0. The number of hydrogen-bond acceptors (Lipinski definition) is 13. The second kappa shape index (κ2) is 19.0. The van der Waals surface area contributed by atoms with E-state index in [9.17, 15) is 19.2 Å². The molecule has 348 valence electrons. The van der Waals surface area contributed by atoms with Crippen LogP contribution in [0.1, 0.15) is 86.7 Å². The van der Waals surface area contributed by atoms with Gasteiger partial charge in [0.1, 0.15) is 47.1 Å². The lowest BCUT2D eigenvalue weighted by molar-refractivity contribution is -0.0534. The Kier molecular flexibility index (Phi) is 13.2. The first-order chi connectivity index (χ1) is 31.4. The number of allylic oxidation sites excluding steroid dienone is 2. The number of carbonyl (C=O) groups excluding carboxylic acids is 4. The average molecular weight is 923 g/mol. The molecule has 3 amide bonds. The molecule has 2 bridgehead atoms. The number of nitrogens with zero attached hydrogens (tertiary/aromatic N) is 9. The summed E-state index contributed by atoms with van der Waals surface area (Å²) in [5, 5.41) is 14.9. The standard InChI is InChI=1S/C45H52N12O8.H2S/c1-6-55-34(15-25(4)51-55)41(59)49-44-47-32-17-27(40(46)58)19-36-38(32)53(44)13-9-10-14-54-39-33(48-45(54)50-42(60)35-16-26(5)52-56(35)7-2)18-28(43(61)63-8-3)20-37(39)65-24-31(23-64-36)57-29-11-12-30(57)22-62-21-29;/h9-10,15-20,29-31H,6-8,11-14,21-24H2,1-5H3,(H2,46,58)(H,47,49,59)(H,48,50,60);1H2/b10-9+;/t29?,30?,31-;/m0./s1. The molecule has 0 aliphatic carbocycles. The molecule has 66 heavy (non-hydrogen) atoms. The van der Waals surface area contributed by atoms with Crippen LogP contribution >= 0.6 is 13.5 Å². The smallest absolute Gasteiger partial charge is 0.338 e. The summed E-state index contributed by atoms with van der Waals surface area (Å²) >= 11 is 0. The van der Waals surface area contributed by atoms with Crippen molar-refractivity contribution in [3.63, 3.8) is 0 Å². The molecule has 9 rings (SSSR count). The molecule has 2 saturated heterocycles. The Morgan fingerprint density at radius 2 is 1.18 bits per heavy atom. The minimum Gasteiger partial charge on any atom is -0.490 e. The van der Waals surface area contributed by atoms with E-state index in [1.54, 1.807) is 52.7 Å². The van der Waals surface area contributed by atoms with Crippen molar-refractivity contribution in [1.82, 2.24) is 43.6 Å². The number of anilines is 2. The molecule has 3 atom stereocenters. The first-order valence-corrected chi connectivity index (χ1v) is 22.0.